The highest BCUT2D eigenvalue weighted by molar-refractivity contribution is 6.29. The van der Waals surface area contributed by atoms with Crippen LogP contribution in [-0.4, -0.2) is 25.2 Å². The van der Waals surface area contributed by atoms with Gasteiger partial charge in [-0.3, -0.25) is 4.79 Å². The molecule has 0 amide bonds. The molecule has 0 aliphatic carbocycles. The first-order valence-corrected chi connectivity index (χ1v) is 11.3. The summed E-state index contributed by atoms with van der Waals surface area (Å²) in [5.74, 6) is 0.591. The molecule has 0 saturated heterocycles. The summed E-state index contributed by atoms with van der Waals surface area (Å²) >= 11 is 5.99. The number of fused-ring (bicyclic) bond motifs is 1. The van der Waals surface area contributed by atoms with Gasteiger partial charge in [-0.2, -0.15) is 0 Å². The highest BCUT2D eigenvalue weighted by atomic mass is 35.5. The quantitative estimate of drug-likeness (QED) is 0.257. The van der Waals surface area contributed by atoms with Gasteiger partial charge in [0.25, 0.3) is 0 Å². The number of nitrogens with zero attached hydrogens (tertiary/aromatic N) is 1. The lowest BCUT2D eigenvalue weighted by atomic mass is 9.98. The second-order valence-corrected chi connectivity index (χ2v) is 8.62. The molecular weight excluding hydrogens is 468 g/mol. The van der Waals surface area contributed by atoms with Crippen LogP contribution in [0.5, 0.6) is 5.75 Å². The van der Waals surface area contributed by atoms with E-state index >= 15 is 0 Å². The van der Waals surface area contributed by atoms with Gasteiger partial charge in [0.15, 0.2) is 11.1 Å². The third-order valence-corrected chi connectivity index (χ3v) is 6.03. The van der Waals surface area contributed by atoms with Crippen molar-refractivity contribution in [1.82, 2.24) is 4.98 Å². The highest BCUT2D eigenvalue weighted by Gasteiger charge is 2.21. The lowest BCUT2D eigenvalue weighted by Gasteiger charge is -2.20. The van der Waals surface area contributed by atoms with Crippen molar-refractivity contribution in [2.45, 2.75) is 26.8 Å². The van der Waals surface area contributed by atoms with Crippen LogP contribution in [0.25, 0.3) is 22.3 Å². The molecule has 2 heterocycles. The third kappa shape index (κ3) is 4.72. The van der Waals surface area contributed by atoms with Crippen molar-refractivity contribution in [2.75, 3.05) is 19.5 Å². The van der Waals surface area contributed by atoms with Crippen molar-refractivity contribution in [3.8, 4) is 17.1 Å². The minimum Gasteiger partial charge on any atom is -0.497 e. The number of hydrogen-bond acceptors (Lipinski definition) is 7. The third-order valence-electron chi connectivity index (χ3n) is 5.82. The summed E-state index contributed by atoms with van der Waals surface area (Å²) in [4.78, 5) is 29.7. The smallest absolute Gasteiger partial charge is 0.358 e. The van der Waals surface area contributed by atoms with Crippen molar-refractivity contribution in [3.05, 3.63) is 86.3 Å². The van der Waals surface area contributed by atoms with Crippen LogP contribution in [0.4, 0.5) is 5.69 Å². The fourth-order valence-corrected chi connectivity index (χ4v) is 4.17. The zero-order valence-corrected chi connectivity index (χ0v) is 20.8. The Morgan fingerprint density at radius 2 is 1.80 bits per heavy atom. The Labute approximate surface area is 207 Å². The van der Waals surface area contributed by atoms with Gasteiger partial charge in [0.05, 0.1) is 31.3 Å². The molecule has 7 nitrogen and oxygen atoms in total. The molecule has 0 aliphatic rings. The first-order valence-electron chi connectivity index (χ1n) is 11.0. The van der Waals surface area contributed by atoms with Gasteiger partial charge in [-0.1, -0.05) is 17.7 Å². The molecule has 2 aromatic carbocycles. The summed E-state index contributed by atoms with van der Waals surface area (Å²) in [7, 11) is 2.88. The number of pyridine rings is 1. The Balaban J connectivity index is 1.85. The second-order valence-electron chi connectivity index (χ2n) is 8.23. The lowest BCUT2D eigenvalue weighted by molar-refractivity contribution is 0.0595. The molecule has 1 N–H and O–H groups in total. The van der Waals surface area contributed by atoms with Gasteiger partial charge in [0.1, 0.15) is 22.2 Å². The first kappa shape index (κ1) is 24.3. The number of aryl methyl sites for hydroxylation is 1. The molecule has 0 fully saturated rings. The van der Waals surface area contributed by atoms with Crippen LogP contribution in [-0.2, 0) is 4.74 Å². The molecule has 0 aliphatic heterocycles. The average Bonchev–Trinajstić information content (AvgIpc) is 2.86. The molecule has 8 heteroatoms. The molecule has 35 heavy (non-hydrogen) atoms. The first-order chi connectivity index (χ1) is 16.7. The Kier molecular flexibility index (Phi) is 6.80. The van der Waals surface area contributed by atoms with Crippen molar-refractivity contribution >= 4 is 34.2 Å². The predicted molar refractivity (Wildman–Crippen MR) is 137 cm³/mol. The van der Waals surface area contributed by atoms with Gasteiger partial charge in [-0.25, -0.2) is 9.78 Å². The summed E-state index contributed by atoms with van der Waals surface area (Å²) < 4.78 is 16.5. The topological polar surface area (TPSA) is 90.7 Å². The fourth-order valence-electron chi connectivity index (χ4n) is 4.02. The summed E-state index contributed by atoms with van der Waals surface area (Å²) in [6.45, 7) is 5.60. The van der Waals surface area contributed by atoms with Crippen LogP contribution in [0, 0.1) is 13.8 Å². The zero-order chi connectivity index (χ0) is 25.3. The maximum absolute atomic E-state index is 13.4. The Bertz CT molecular complexity index is 1480. The Morgan fingerprint density at radius 3 is 2.46 bits per heavy atom. The predicted octanol–water partition coefficient (Wildman–Crippen LogP) is 6.09. The number of ether oxygens (including phenoxy) is 2. The summed E-state index contributed by atoms with van der Waals surface area (Å²) in [6, 6.07) is 14.0. The van der Waals surface area contributed by atoms with E-state index in [1.807, 2.05) is 50.2 Å². The van der Waals surface area contributed by atoms with Gasteiger partial charge in [0, 0.05) is 16.7 Å². The second kappa shape index (κ2) is 9.80. The van der Waals surface area contributed by atoms with Crippen LogP contribution >= 0.6 is 11.6 Å². The van der Waals surface area contributed by atoms with Crippen molar-refractivity contribution in [2.24, 2.45) is 0 Å². The molecule has 2 aromatic heterocycles. The van der Waals surface area contributed by atoms with E-state index in [0.29, 0.717) is 33.7 Å². The maximum atomic E-state index is 13.4. The van der Waals surface area contributed by atoms with Gasteiger partial charge in [-0.05, 0) is 68.8 Å². The number of nitrogens with one attached hydrogen (secondary N) is 1. The van der Waals surface area contributed by atoms with Gasteiger partial charge < -0.3 is 19.2 Å². The number of hydrogen-bond donors (Lipinski definition) is 1. The Hall–Kier alpha value is -3.84. The number of rotatable bonds is 6. The molecule has 0 bridgehead atoms. The lowest BCUT2D eigenvalue weighted by Crippen LogP contribution is -2.15. The molecular formula is C27H25ClN2O5. The molecule has 0 spiro atoms. The van der Waals surface area contributed by atoms with E-state index in [0.717, 1.165) is 16.7 Å². The average molecular weight is 493 g/mol. The standard InChI is InChI=1S/C27H25ClN2O5/c1-14-12-19(16(3)29-21-10-11-22(28)30-23(21)27(32)34-5)26-20(13-14)24(31)15(2)25(35-26)17-6-8-18(33-4)9-7-17/h6-13,16,29H,1-5H3. The molecule has 1 unspecified atom stereocenters. The van der Waals surface area contributed by atoms with E-state index in [1.54, 1.807) is 26.2 Å². The molecule has 180 valence electrons. The maximum Gasteiger partial charge on any atom is 0.358 e. The van der Waals surface area contributed by atoms with Crippen molar-refractivity contribution < 1.29 is 18.7 Å². The van der Waals surface area contributed by atoms with Gasteiger partial charge >= 0.3 is 5.97 Å². The highest BCUT2D eigenvalue weighted by Crippen LogP contribution is 2.33. The van der Waals surface area contributed by atoms with E-state index < -0.39 is 5.97 Å². The van der Waals surface area contributed by atoms with Crippen LogP contribution in [0.2, 0.25) is 5.15 Å². The number of esters is 1. The minimum atomic E-state index is -0.611. The van der Waals surface area contributed by atoms with Gasteiger partial charge in [-0.15, -0.1) is 0 Å². The molecule has 0 radical (unpaired) electrons. The number of benzene rings is 2. The minimum absolute atomic E-state index is 0.0695. The van der Waals surface area contributed by atoms with E-state index in [2.05, 4.69) is 10.3 Å². The van der Waals surface area contributed by atoms with E-state index in [4.69, 9.17) is 25.5 Å². The van der Waals surface area contributed by atoms with Crippen LogP contribution in [0.3, 0.4) is 0 Å². The van der Waals surface area contributed by atoms with E-state index in [1.165, 1.54) is 7.11 Å². The van der Waals surface area contributed by atoms with Crippen LogP contribution in [0.1, 0.15) is 40.1 Å². The molecule has 1 atom stereocenters. The summed E-state index contributed by atoms with van der Waals surface area (Å²) in [6.07, 6.45) is 0. The summed E-state index contributed by atoms with van der Waals surface area (Å²) in [5, 5.41) is 3.96. The number of carbonyl (C=O) groups excluding carboxylic acids is 1. The van der Waals surface area contributed by atoms with Gasteiger partial charge in [0.2, 0.25) is 0 Å². The van der Waals surface area contributed by atoms with Crippen molar-refractivity contribution in [3.63, 3.8) is 0 Å². The van der Waals surface area contributed by atoms with E-state index in [9.17, 15) is 9.59 Å². The van der Waals surface area contributed by atoms with Crippen LogP contribution in [0.15, 0.2) is 57.7 Å². The number of methoxy groups -OCH3 is 2. The normalized spacial score (nSPS) is 11.8. The van der Waals surface area contributed by atoms with Crippen molar-refractivity contribution in [1.29, 1.82) is 0 Å². The zero-order valence-electron chi connectivity index (χ0n) is 20.1. The number of halogens is 1. The van der Waals surface area contributed by atoms with E-state index in [-0.39, 0.29) is 22.3 Å². The molecule has 0 saturated carbocycles. The molecule has 4 rings (SSSR count). The largest absolute Gasteiger partial charge is 0.497 e. The SMILES string of the molecule is COC(=O)c1nc(Cl)ccc1NC(C)c1cc(C)cc2c(=O)c(C)c(-c3ccc(OC)cc3)oc12. The fraction of sp³-hybridized carbons (Fsp3) is 0.222. The number of aromatic nitrogens is 1. The Morgan fingerprint density at radius 1 is 1.09 bits per heavy atom. The number of carbonyl (C=O) groups is 1. The monoisotopic (exact) mass is 492 g/mol. The molecule has 4 aromatic rings. The summed E-state index contributed by atoms with van der Waals surface area (Å²) in [5.41, 5.74) is 3.86. The number of anilines is 1. The van der Waals surface area contributed by atoms with Crippen LogP contribution < -0.4 is 15.5 Å².